The quantitative estimate of drug-likeness (QED) is 0.400. The zero-order chi connectivity index (χ0) is 27.5. The second kappa shape index (κ2) is 10.8. The molecule has 1 aromatic heterocycles. The van der Waals surface area contributed by atoms with Crippen molar-refractivity contribution in [2.45, 2.75) is 73.0 Å². The molecule has 0 spiro atoms. The molecule has 3 aromatic rings. The Labute approximate surface area is 220 Å². The Morgan fingerprint density at radius 1 is 0.973 bits per heavy atom. The minimum Gasteiger partial charge on any atom is -0.476 e. The summed E-state index contributed by atoms with van der Waals surface area (Å²) in [6.07, 6.45) is 0. The third-order valence-electron chi connectivity index (χ3n) is 6.26. The summed E-state index contributed by atoms with van der Waals surface area (Å²) in [4.78, 5) is 25.1. The molecule has 37 heavy (non-hydrogen) atoms. The lowest BCUT2D eigenvalue weighted by atomic mass is 9.86. The molecule has 3 rings (SSSR count). The van der Waals surface area contributed by atoms with Gasteiger partial charge in [0.05, 0.1) is 12.3 Å². The van der Waals surface area contributed by atoms with Gasteiger partial charge in [-0.25, -0.2) is 4.79 Å². The van der Waals surface area contributed by atoms with Crippen molar-refractivity contribution >= 4 is 11.9 Å². The van der Waals surface area contributed by atoms with E-state index in [2.05, 4.69) is 55.5 Å². The maximum Gasteiger partial charge on any atom is 0.349 e. The maximum atomic E-state index is 12.9. The molecule has 2 aromatic carbocycles. The predicted molar refractivity (Wildman–Crippen MR) is 146 cm³/mol. The van der Waals surface area contributed by atoms with E-state index in [4.69, 9.17) is 9.47 Å². The summed E-state index contributed by atoms with van der Waals surface area (Å²) in [6.45, 7) is 16.2. The number of carbonyl (C=O) groups is 2. The molecule has 1 amide bonds. The normalized spacial score (nSPS) is 11.8. The highest BCUT2D eigenvalue weighted by atomic mass is 16.6. The molecule has 0 radical (unpaired) electrons. The van der Waals surface area contributed by atoms with E-state index in [-0.39, 0.29) is 11.3 Å². The molecular weight excluding hydrogens is 466 g/mol. The smallest absolute Gasteiger partial charge is 0.349 e. The van der Waals surface area contributed by atoms with Crippen molar-refractivity contribution in [1.82, 2.24) is 15.1 Å². The average molecular weight is 506 g/mol. The number of nitrogens with one attached hydrogen (secondary N) is 1. The Morgan fingerprint density at radius 2 is 1.57 bits per heavy atom. The van der Waals surface area contributed by atoms with Gasteiger partial charge in [-0.15, -0.1) is 0 Å². The van der Waals surface area contributed by atoms with Gasteiger partial charge in [0, 0.05) is 13.6 Å². The van der Waals surface area contributed by atoms with Crippen LogP contribution in [0.5, 0.6) is 5.75 Å². The molecular formula is C30H39N3O4. The molecule has 7 heteroatoms. The standard InChI is InChI=1S/C30H39N3O4/c1-10-36-28(35)30(7,8)37-26-19(2)15-21(16-20(26)3)18-31-27(34)24-17-25(33(9)32-24)22-11-13-23(14-12-22)29(4,5)6/h11-17H,10,18H2,1-9H3,(H,31,34). The van der Waals surface area contributed by atoms with Crippen molar-refractivity contribution in [3.63, 3.8) is 0 Å². The van der Waals surface area contributed by atoms with Crippen molar-refractivity contribution in [3.8, 4) is 17.0 Å². The molecule has 0 saturated heterocycles. The summed E-state index contributed by atoms with van der Waals surface area (Å²) < 4.78 is 12.9. The number of carbonyl (C=O) groups excluding carboxylic acids is 2. The third kappa shape index (κ3) is 6.59. The van der Waals surface area contributed by atoms with Gasteiger partial charge in [-0.1, -0.05) is 57.2 Å². The van der Waals surface area contributed by atoms with Gasteiger partial charge in [0.25, 0.3) is 5.91 Å². The number of nitrogens with zero attached hydrogens (tertiary/aromatic N) is 2. The molecule has 0 aliphatic heterocycles. The van der Waals surface area contributed by atoms with Crippen LogP contribution in [0.15, 0.2) is 42.5 Å². The van der Waals surface area contributed by atoms with Crippen molar-refractivity contribution in [2.75, 3.05) is 6.61 Å². The molecule has 198 valence electrons. The van der Waals surface area contributed by atoms with Crippen LogP contribution >= 0.6 is 0 Å². The van der Waals surface area contributed by atoms with E-state index < -0.39 is 11.6 Å². The SMILES string of the molecule is CCOC(=O)C(C)(C)Oc1c(C)cc(CNC(=O)c2cc(-c3ccc(C(C)(C)C)cc3)n(C)n2)cc1C. The molecule has 1 N–H and O–H groups in total. The average Bonchev–Trinajstić information content (AvgIpc) is 3.21. The van der Waals surface area contributed by atoms with Crippen LogP contribution in [0.3, 0.4) is 0 Å². The van der Waals surface area contributed by atoms with Crippen LogP contribution < -0.4 is 10.1 Å². The third-order valence-corrected chi connectivity index (χ3v) is 6.26. The van der Waals surface area contributed by atoms with Gasteiger partial charge in [0.2, 0.25) is 0 Å². The van der Waals surface area contributed by atoms with Crippen LogP contribution in [0.4, 0.5) is 0 Å². The highest BCUT2D eigenvalue weighted by Crippen LogP contribution is 2.30. The molecule has 0 aliphatic carbocycles. The molecule has 7 nitrogen and oxygen atoms in total. The number of rotatable bonds is 8. The van der Waals surface area contributed by atoms with Gasteiger partial charge in [0.1, 0.15) is 5.75 Å². The number of ether oxygens (including phenoxy) is 2. The van der Waals surface area contributed by atoms with E-state index in [1.54, 1.807) is 25.5 Å². The van der Waals surface area contributed by atoms with Crippen LogP contribution in [0.2, 0.25) is 0 Å². The summed E-state index contributed by atoms with van der Waals surface area (Å²) in [7, 11) is 1.84. The van der Waals surface area contributed by atoms with Crippen LogP contribution in [-0.2, 0) is 28.5 Å². The van der Waals surface area contributed by atoms with E-state index in [9.17, 15) is 9.59 Å². The first kappa shape index (κ1) is 28.0. The van der Waals surface area contributed by atoms with Crippen LogP contribution in [-0.4, -0.2) is 33.9 Å². The first-order valence-corrected chi connectivity index (χ1v) is 12.6. The number of esters is 1. The van der Waals surface area contributed by atoms with Gasteiger partial charge < -0.3 is 14.8 Å². The monoisotopic (exact) mass is 505 g/mol. The second-order valence-electron chi connectivity index (χ2n) is 10.9. The van der Waals surface area contributed by atoms with Crippen molar-refractivity contribution in [2.24, 2.45) is 7.05 Å². The van der Waals surface area contributed by atoms with Crippen LogP contribution in [0, 0.1) is 13.8 Å². The summed E-state index contributed by atoms with van der Waals surface area (Å²) in [5.74, 6) is -0.0165. The first-order valence-electron chi connectivity index (χ1n) is 12.6. The van der Waals surface area contributed by atoms with Gasteiger partial charge in [-0.3, -0.25) is 9.48 Å². The Kier molecular flexibility index (Phi) is 8.16. The number of aryl methyl sites for hydroxylation is 3. The van der Waals surface area contributed by atoms with E-state index in [0.29, 0.717) is 24.6 Å². The van der Waals surface area contributed by atoms with Crippen LogP contribution in [0.1, 0.15) is 74.3 Å². The second-order valence-corrected chi connectivity index (χ2v) is 10.9. The Balaban J connectivity index is 1.70. The minimum atomic E-state index is -1.11. The zero-order valence-electron chi connectivity index (χ0n) is 23.5. The van der Waals surface area contributed by atoms with Crippen LogP contribution in [0.25, 0.3) is 11.3 Å². The summed E-state index contributed by atoms with van der Waals surface area (Å²) in [5.41, 5.74) is 5.15. The highest BCUT2D eigenvalue weighted by molar-refractivity contribution is 5.93. The van der Waals surface area contributed by atoms with E-state index >= 15 is 0 Å². The highest BCUT2D eigenvalue weighted by Gasteiger charge is 2.32. The first-order chi connectivity index (χ1) is 17.2. The lowest BCUT2D eigenvalue weighted by molar-refractivity contribution is -0.158. The topological polar surface area (TPSA) is 82.5 Å². The predicted octanol–water partition coefficient (Wildman–Crippen LogP) is 5.65. The molecule has 1 heterocycles. The van der Waals surface area contributed by atoms with Gasteiger partial charge >= 0.3 is 5.97 Å². The molecule has 0 saturated carbocycles. The Hall–Kier alpha value is -3.61. The van der Waals surface area contributed by atoms with Crippen molar-refractivity contribution in [3.05, 3.63) is 70.4 Å². The summed E-state index contributed by atoms with van der Waals surface area (Å²) in [5, 5.41) is 7.40. The van der Waals surface area contributed by atoms with E-state index in [0.717, 1.165) is 27.9 Å². The van der Waals surface area contributed by atoms with Crippen molar-refractivity contribution in [1.29, 1.82) is 0 Å². The summed E-state index contributed by atoms with van der Waals surface area (Å²) in [6, 6.07) is 14.1. The number of hydrogen-bond acceptors (Lipinski definition) is 5. The summed E-state index contributed by atoms with van der Waals surface area (Å²) >= 11 is 0. The lowest BCUT2D eigenvalue weighted by Gasteiger charge is -2.26. The van der Waals surface area contributed by atoms with Gasteiger partial charge in [0.15, 0.2) is 11.3 Å². The maximum absolute atomic E-state index is 12.9. The number of amides is 1. The molecule has 0 fully saturated rings. The minimum absolute atomic E-state index is 0.0776. The fraction of sp³-hybridized carbons (Fsp3) is 0.433. The number of aromatic nitrogens is 2. The fourth-order valence-corrected chi connectivity index (χ4v) is 4.17. The van der Waals surface area contributed by atoms with Gasteiger partial charge in [-0.05, 0) is 73.9 Å². The fourth-order valence-electron chi connectivity index (χ4n) is 4.17. The Bertz CT molecular complexity index is 1260. The lowest BCUT2D eigenvalue weighted by Crippen LogP contribution is -2.40. The van der Waals surface area contributed by atoms with E-state index in [1.165, 1.54) is 5.56 Å². The van der Waals surface area contributed by atoms with E-state index in [1.807, 2.05) is 39.1 Å². The van der Waals surface area contributed by atoms with Crippen molar-refractivity contribution < 1.29 is 19.1 Å². The largest absolute Gasteiger partial charge is 0.476 e. The zero-order valence-corrected chi connectivity index (χ0v) is 23.5. The molecule has 0 aliphatic rings. The molecule has 0 unspecified atom stereocenters. The number of hydrogen-bond donors (Lipinski definition) is 1. The molecule has 0 bridgehead atoms. The Morgan fingerprint density at radius 3 is 2.11 bits per heavy atom. The van der Waals surface area contributed by atoms with Gasteiger partial charge in [-0.2, -0.15) is 5.10 Å². The number of benzene rings is 2. The molecule has 0 atom stereocenters.